The molecule has 0 atom stereocenters. The number of ether oxygens (including phenoxy) is 2. The normalized spacial score (nSPS) is 15.4. The van der Waals surface area contributed by atoms with Gasteiger partial charge in [0.05, 0.1) is 24.8 Å². The van der Waals surface area contributed by atoms with Gasteiger partial charge in [-0.15, -0.1) is 0 Å². The van der Waals surface area contributed by atoms with Gasteiger partial charge in [0.25, 0.3) is 5.91 Å². The highest BCUT2D eigenvalue weighted by atomic mass is 32.2. The van der Waals surface area contributed by atoms with Gasteiger partial charge in [0.1, 0.15) is 11.5 Å². The molecule has 27 heavy (non-hydrogen) atoms. The molecular weight excluding hydrogens is 380 g/mol. The van der Waals surface area contributed by atoms with Gasteiger partial charge < -0.3 is 14.4 Å². The predicted molar refractivity (Wildman–Crippen MR) is 116 cm³/mol. The van der Waals surface area contributed by atoms with Gasteiger partial charge in [-0.2, -0.15) is 0 Å². The Labute approximate surface area is 168 Å². The van der Waals surface area contributed by atoms with E-state index in [1.54, 1.807) is 31.3 Å². The van der Waals surface area contributed by atoms with E-state index in [4.69, 9.17) is 21.7 Å². The fraction of sp³-hybridized carbons (Fsp3) is 0.200. The van der Waals surface area contributed by atoms with Crippen LogP contribution in [-0.2, 0) is 4.79 Å². The van der Waals surface area contributed by atoms with E-state index >= 15 is 0 Å². The van der Waals surface area contributed by atoms with E-state index in [9.17, 15) is 4.79 Å². The molecule has 5 nitrogen and oxygen atoms in total. The number of rotatable bonds is 5. The SMILES string of the molecule is COc1ccc(/C=C2/SC(=S)N(c3ccc(N(C)C)cc3)C2=O)c(OC)c1. The van der Waals surface area contributed by atoms with Crippen LogP contribution < -0.4 is 19.3 Å². The van der Waals surface area contributed by atoms with Crippen molar-refractivity contribution in [1.29, 1.82) is 0 Å². The van der Waals surface area contributed by atoms with Crippen LogP contribution in [0, 0.1) is 0 Å². The molecular formula is C20H20N2O3S2. The lowest BCUT2D eigenvalue weighted by atomic mass is 10.1. The Kier molecular flexibility index (Phi) is 5.72. The number of methoxy groups -OCH3 is 2. The number of amides is 1. The van der Waals surface area contributed by atoms with Crippen molar-refractivity contribution < 1.29 is 14.3 Å². The third kappa shape index (κ3) is 3.94. The summed E-state index contributed by atoms with van der Waals surface area (Å²) in [4.78, 5) is 17.1. The molecule has 1 heterocycles. The summed E-state index contributed by atoms with van der Waals surface area (Å²) in [5.41, 5.74) is 2.61. The molecule has 0 spiro atoms. The Morgan fingerprint density at radius 1 is 1.07 bits per heavy atom. The minimum Gasteiger partial charge on any atom is -0.497 e. The Balaban J connectivity index is 1.91. The number of anilines is 2. The van der Waals surface area contributed by atoms with Gasteiger partial charge in [-0.1, -0.05) is 24.0 Å². The Morgan fingerprint density at radius 3 is 2.37 bits per heavy atom. The van der Waals surface area contributed by atoms with E-state index in [1.807, 2.05) is 55.4 Å². The summed E-state index contributed by atoms with van der Waals surface area (Å²) in [6.45, 7) is 0. The minimum atomic E-state index is -0.138. The van der Waals surface area contributed by atoms with E-state index in [2.05, 4.69) is 0 Å². The predicted octanol–water partition coefficient (Wildman–Crippen LogP) is 4.18. The van der Waals surface area contributed by atoms with Gasteiger partial charge in [0, 0.05) is 31.4 Å². The van der Waals surface area contributed by atoms with Gasteiger partial charge >= 0.3 is 0 Å². The van der Waals surface area contributed by atoms with E-state index < -0.39 is 0 Å². The molecule has 1 saturated heterocycles. The minimum absolute atomic E-state index is 0.138. The molecule has 3 rings (SSSR count). The number of thioether (sulfide) groups is 1. The molecule has 2 aromatic carbocycles. The highest BCUT2D eigenvalue weighted by molar-refractivity contribution is 8.27. The molecule has 7 heteroatoms. The number of carbonyl (C=O) groups is 1. The number of benzene rings is 2. The van der Waals surface area contributed by atoms with Crippen LogP contribution in [0.3, 0.4) is 0 Å². The lowest BCUT2D eigenvalue weighted by molar-refractivity contribution is -0.113. The Hall–Kier alpha value is -2.51. The molecule has 1 aliphatic heterocycles. The van der Waals surface area contributed by atoms with Crippen molar-refractivity contribution in [2.75, 3.05) is 38.1 Å². The second-order valence-electron chi connectivity index (χ2n) is 6.04. The number of thiocarbonyl (C=S) groups is 1. The van der Waals surface area contributed by atoms with Crippen LogP contribution >= 0.6 is 24.0 Å². The van der Waals surface area contributed by atoms with Gasteiger partial charge in [-0.3, -0.25) is 9.69 Å². The van der Waals surface area contributed by atoms with Crippen molar-refractivity contribution in [1.82, 2.24) is 0 Å². The second kappa shape index (κ2) is 8.02. The van der Waals surface area contributed by atoms with Crippen LogP contribution in [0.25, 0.3) is 6.08 Å². The van der Waals surface area contributed by atoms with Crippen LogP contribution in [0.2, 0.25) is 0 Å². The van der Waals surface area contributed by atoms with Gasteiger partial charge in [-0.05, 0) is 42.5 Å². The molecule has 0 saturated carbocycles. The van der Waals surface area contributed by atoms with Gasteiger partial charge in [-0.25, -0.2) is 0 Å². The summed E-state index contributed by atoms with van der Waals surface area (Å²) in [7, 11) is 7.13. The molecule has 0 aromatic heterocycles. The summed E-state index contributed by atoms with van der Waals surface area (Å²) in [6.07, 6.45) is 1.80. The molecule has 140 valence electrons. The largest absolute Gasteiger partial charge is 0.497 e. The molecule has 0 N–H and O–H groups in total. The van der Waals surface area contributed by atoms with Crippen molar-refractivity contribution in [2.24, 2.45) is 0 Å². The zero-order valence-electron chi connectivity index (χ0n) is 15.6. The van der Waals surface area contributed by atoms with Crippen molar-refractivity contribution >= 4 is 51.7 Å². The first-order valence-corrected chi connectivity index (χ1v) is 9.44. The number of nitrogens with zero attached hydrogens (tertiary/aromatic N) is 2. The molecule has 1 aliphatic rings. The number of hydrogen-bond donors (Lipinski definition) is 0. The third-order valence-corrected chi connectivity index (χ3v) is 5.45. The van der Waals surface area contributed by atoms with Gasteiger partial charge in [0.15, 0.2) is 4.32 Å². The molecule has 0 radical (unpaired) electrons. The van der Waals surface area contributed by atoms with E-state index in [0.29, 0.717) is 20.7 Å². The standard InChI is InChI=1S/C20H20N2O3S2/c1-21(2)14-6-8-15(9-7-14)22-19(23)18(27-20(22)26)11-13-5-10-16(24-3)12-17(13)25-4/h5-12H,1-4H3/b18-11+. The smallest absolute Gasteiger partial charge is 0.270 e. The van der Waals surface area contributed by atoms with Crippen molar-refractivity contribution in [3.8, 4) is 11.5 Å². The topological polar surface area (TPSA) is 42.0 Å². The van der Waals surface area contributed by atoms with Crippen LogP contribution in [0.1, 0.15) is 5.56 Å². The zero-order chi connectivity index (χ0) is 19.6. The summed E-state index contributed by atoms with van der Waals surface area (Å²) >= 11 is 6.73. The first-order valence-electron chi connectivity index (χ1n) is 8.22. The summed E-state index contributed by atoms with van der Waals surface area (Å²) in [6, 6.07) is 13.2. The lowest BCUT2D eigenvalue weighted by Crippen LogP contribution is -2.27. The molecule has 0 unspecified atom stereocenters. The maximum absolute atomic E-state index is 12.9. The summed E-state index contributed by atoms with van der Waals surface area (Å²) < 4.78 is 11.1. The van der Waals surface area contributed by atoms with E-state index in [0.717, 1.165) is 16.9 Å². The second-order valence-corrected chi connectivity index (χ2v) is 7.71. The Morgan fingerprint density at radius 2 is 1.78 bits per heavy atom. The Bertz CT molecular complexity index is 908. The zero-order valence-corrected chi connectivity index (χ0v) is 17.2. The first-order chi connectivity index (χ1) is 12.9. The van der Waals surface area contributed by atoms with Crippen LogP contribution in [0.5, 0.6) is 11.5 Å². The maximum atomic E-state index is 12.9. The van der Waals surface area contributed by atoms with E-state index in [1.165, 1.54) is 11.8 Å². The molecule has 0 aliphatic carbocycles. The number of carbonyl (C=O) groups excluding carboxylic acids is 1. The van der Waals surface area contributed by atoms with Crippen molar-refractivity contribution in [3.63, 3.8) is 0 Å². The fourth-order valence-electron chi connectivity index (χ4n) is 2.67. The van der Waals surface area contributed by atoms with Crippen LogP contribution in [0.15, 0.2) is 47.4 Å². The highest BCUT2D eigenvalue weighted by Crippen LogP contribution is 2.38. The lowest BCUT2D eigenvalue weighted by Gasteiger charge is -2.17. The van der Waals surface area contributed by atoms with Crippen molar-refractivity contribution in [2.45, 2.75) is 0 Å². The van der Waals surface area contributed by atoms with Crippen LogP contribution in [-0.4, -0.2) is 38.5 Å². The summed E-state index contributed by atoms with van der Waals surface area (Å²) in [5, 5.41) is 0. The first kappa shape index (κ1) is 19.3. The van der Waals surface area contributed by atoms with E-state index in [-0.39, 0.29) is 5.91 Å². The van der Waals surface area contributed by atoms with Crippen LogP contribution in [0.4, 0.5) is 11.4 Å². The summed E-state index contributed by atoms with van der Waals surface area (Å²) in [5.74, 6) is 1.19. The molecule has 2 aromatic rings. The quantitative estimate of drug-likeness (QED) is 0.554. The maximum Gasteiger partial charge on any atom is 0.270 e. The number of hydrogen-bond acceptors (Lipinski definition) is 6. The molecule has 0 bridgehead atoms. The molecule has 1 amide bonds. The monoisotopic (exact) mass is 400 g/mol. The average molecular weight is 401 g/mol. The highest BCUT2D eigenvalue weighted by Gasteiger charge is 2.33. The fourth-order valence-corrected chi connectivity index (χ4v) is 3.96. The van der Waals surface area contributed by atoms with Crippen molar-refractivity contribution in [3.05, 3.63) is 52.9 Å². The average Bonchev–Trinajstić information content (AvgIpc) is 2.95. The molecule has 1 fully saturated rings. The van der Waals surface area contributed by atoms with Gasteiger partial charge in [0.2, 0.25) is 0 Å². The third-order valence-electron chi connectivity index (χ3n) is 4.15.